The molecule has 46 heavy (non-hydrogen) atoms. The van der Waals surface area contributed by atoms with Gasteiger partial charge < -0.3 is 20.4 Å². The van der Waals surface area contributed by atoms with E-state index in [0.29, 0.717) is 0 Å². The van der Waals surface area contributed by atoms with E-state index < -0.39 is 0 Å². The topological polar surface area (TPSA) is 90.9 Å². The molecule has 0 amide bonds. The van der Waals surface area contributed by atoms with Crippen LogP contribution in [0, 0.1) is 0 Å². The van der Waals surface area contributed by atoms with Gasteiger partial charge in [-0.05, 0) is 62.6 Å². The Labute approximate surface area is 266 Å². The van der Waals surface area contributed by atoms with Crippen LogP contribution < -0.4 is 10.6 Å². The predicted octanol–water partition coefficient (Wildman–Crippen LogP) is 5.77. The molecule has 2 N–H and O–H groups in total. The number of hydrogen-bond acceptors (Lipinski definition) is 8. The molecular weight excluding hydrogens is 572 g/mol. The van der Waals surface area contributed by atoms with E-state index in [1.807, 2.05) is 60.7 Å². The van der Waals surface area contributed by atoms with Gasteiger partial charge in [0.2, 0.25) is 11.9 Å². The lowest BCUT2D eigenvalue weighted by Crippen LogP contribution is -2.35. The highest BCUT2D eigenvalue weighted by atomic mass is 15.2. The first kappa shape index (κ1) is 28.2. The Bertz CT molecular complexity index is 2170. The van der Waals surface area contributed by atoms with Crippen LogP contribution in [-0.4, -0.2) is 91.9 Å². The molecule has 0 aliphatic heterocycles. The Morgan fingerprint density at radius 3 is 1.33 bits per heavy atom. The summed E-state index contributed by atoms with van der Waals surface area (Å²) in [5.74, 6) is 1.64. The lowest BCUT2D eigenvalue weighted by molar-refractivity contribution is 0.267. The lowest BCUT2D eigenvalue weighted by atomic mass is 10.2. The fraction of sp³-hybridized carbons (Fsp3) is 0.222. The number of benzene rings is 4. The van der Waals surface area contributed by atoms with E-state index >= 15 is 0 Å². The Balaban J connectivity index is 0.888. The second-order valence-electron chi connectivity index (χ2n) is 11.9. The van der Waals surface area contributed by atoms with Gasteiger partial charge in [0.05, 0.1) is 33.1 Å². The molecule has 0 unspecified atom stereocenters. The van der Waals surface area contributed by atoms with Crippen LogP contribution >= 0.6 is 0 Å². The molecule has 4 aromatic carbocycles. The van der Waals surface area contributed by atoms with Gasteiger partial charge in [-0.25, -0.2) is 19.9 Å². The molecule has 4 heterocycles. The minimum Gasteiger partial charge on any atom is -0.354 e. The first-order valence-electron chi connectivity index (χ1n) is 15.8. The third kappa shape index (κ3) is 5.11. The van der Waals surface area contributed by atoms with Crippen molar-refractivity contribution in [2.24, 2.45) is 0 Å². The molecule has 0 aliphatic rings. The lowest BCUT2D eigenvalue weighted by Gasteiger charge is -2.22. The van der Waals surface area contributed by atoms with E-state index in [1.165, 1.54) is 0 Å². The van der Waals surface area contributed by atoms with Gasteiger partial charge in [0, 0.05) is 50.0 Å². The predicted molar refractivity (Wildman–Crippen MR) is 188 cm³/mol. The van der Waals surface area contributed by atoms with Gasteiger partial charge in [-0.15, -0.1) is 0 Å². The molecule has 10 nitrogen and oxygen atoms in total. The van der Waals surface area contributed by atoms with Crippen molar-refractivity contribution in [2.75, 3.05) is 64.0 Å². The van der Waals surface area contributed by atoms with Gasteiger partial charge in [0.1, 0.15) is 11.3 Å². The molecule has 0 atom stereocenters. The summed E-state index contributed by atoms with van der Waals surface area (Å²) in [6.45, 7) is 5.24. The smallest absolute Gasteiger partial charge is 0.209 e. The van der Waals surface area contributed by atoms with Crippen molar-refractivity contribution in [3.8, 4) is 0 Å². The Morgan fingerprint density at radius 1 is 0.478 bits per heavy atom. The second-order valence-corrected chi connectivity index (χ2v) is 11.9. The summed E-state index contributed by atoms with van der Waals surface area (Å²) < 4.78 is 4.28. The van der Waals surface area contributed by atoms with Crippen molar-refractivity contribution in [3.05, 3.63) is 97.1 Å². The molecule has 0 aliphatic carbocycles. The Morgan fingerprint density at radius 2 is 0.870 bits per heavy atom. The molecule has 0 saturated heterocycles. The summed E-state index contributed by atoms with van der Waals surface area (Å²) in [5.41, 5.74) is 7.80. The maximum absolute atomic E-state index is 4.97. The number of imidazole rings is 2. The number of para-hydroxylation sites is 6. The van der Waals surface area contributed by atoms with E-state index in [0.717, 1.165) is 106 Å². The standard InChI is InChI=1S/C36H36N10/c1-43(21-19-37-35-41-27-13-5-3-11-25(27)33-39-29-15-7-9-17-31(29)45(33)35)23-24-44(2)22-20-38-36-42-28-14-6-4-12-26(28)34-40-30-16-8-10-18-32(30)46(34)36/h3-18H,19-24H2,1-2H3,(H,37,41)(H,38,42). The molecule has 0 saturated carbocycles. The van der Waals surface area contributed by atoms with Crippen molar-refractivity contribution in [1.29, 1.82) is 0 Å². The zero-order chi connectivity index (χ0) is 31.0. The molecule has 10 heteroatoms. The molecule has 0 fully saturated rings. The van der Waals surface area contributed by atoms with Crippen molar-refractivity contribution in [2.45, 2.75) is 0 Å². The Kier molecular flexibility index (Phi) is 7.28. The zero-order valence-corrected chi connectivity index (χ0v) is 26.1. The molecule has 0 radical (unpaired) electrons. The summed E-state index contributed by atoms with van der Waals surface area (Å²) in [5, 5.41) is 9.31. The number of fused-ring (bicyclic) bond motifs is 10. The van der Waals surface area contributed by atoms with Gasteiger partial charge >= 0.3 is 0 Å². The molecule has 0 bridgehead atoms. The van der Waals surface area contributed by atoms with Crippen LogP contribution in [0.1, 0.15) is 0 Å². The van der Waals surface area contributed by atoms with Crippen molar-refractivity contribution < 1.29 is 0 Å². The summed E-state index contributed by atoms with van der Waals surface area (Å²) in [4.78, 5) is 24.5. The van der Waals surface area contributed by atoms with Gasteiger partial charge in [0.15, 0.2) is 0 Å². The van der Waals surface area contributed by atoms with Gasteiger partial charge in [-0.1, -0.05) is 48.5 Å². The van der Waals surface area contributed by atoms with Crippen LogP contribution in [0.25, 0.3) is 55.2 Å². The Hall–Kier alpha value is -5.32. The monoisotopic (exact) mass is 608 g/mol. The number of likely N-dealkylation sites (N-methyl/N-ethyl adjacent to an activating group) is 2. The first-order valence-corrected chi connectivity index (χ1v) is 15.8. The quantitative estimate of drug-likeness (QED) is 0.191. The van der Waals surface area contributed by atoms with Crippen LogP contribution in [0.2, 0.25) is 0 Å². The minimum atomic E-state index is 0.775. The number of rotatable bonds is 11. The van der Waals surface area contributed by atoms with E-state index in [-0.39, 0.29) is 0 Å². The zero-order valence-electron chi connectivity index (χ0n) is 26.1. The molecule has 4 aromatic heterocycles. The third-order valence-corrected chi connectivity index (χ3v) is 8.70. The van der Waals surface area contributed by atoms with Crippen LogP contribution in [0.4, 0.5) is 11.9 Å². The highest BCUT2D eigenvalue weighted by Crippen LogP contribution is 2.28. The average molecular weight is 609 g/mol. The number of hydrogen-bond donors (Lipinski definition) is 2. The molecule has 8 aromatic rings. The number of nitrogens with zero attached hydrogens (tertiary/aromatic N) is 8. The summed E-state index contributed by atoms with van der Waals surface area (Å²) in [6.07, 6.45) is 0. The fourth-order valence-electron chi connectivity index (χ4n) is 6.21. The highest BCUT2D eigenvalue weighted by molar-refractivity contribution is 5.98. The van der Waals surface area contributed by atoms with Crippen molar-refractivity contribution in [1.82, 2.24) is 38.5 Å². The number of aromatic nitrogens is 6. The largest absolute Gasteiger partial charge is 0.354 e. The summed E-state index contributed by atoms with van der Waals surface area (Å²) >= 11 is 0. The molecular formula is C36H36N10. The normalized spacial score (nSPS) is 12.2. The van der Waals surface area contributed by atoms with Crippen LogP contribution in [-0.2, 0) is 0 Å². The minimum absolute atomic E-state index is 0.775. The van der Waals surface area contributed by atoms with E-state index in [1.54, 1.807) is 0 Å². The second kappa shape index (κ2) is 11.9. The van der Waals surface area contributed by atoms with Crippen LogP contribution in [0.15, 0.2) is 97.1 Å². The summed E-state index contributed by atoms with van der Waals surface area (Å²) in [6, 6.07) is 32.9. The highest BCUT2D eigenvalue weighted by Gasteiger charge is 2.15. The summed E-state index contributed by atoms with van der Waals surface area (Å²) in [7, 11) is 4.34. The molecule has 230 valence electrons. The van der Waals surface area contributed by atoms with Gasteiger partial charge in [-0.3, -0.25) is 8.80 Å². The maximum atomic E-state index is 4.97. The molecule has 8 rings (SSSR count). The average Bonchev–Trinajstić information content (AvgIpc) is 3.68. The van der Waals surface area contributed by atoms with Gasteiger partial charge in [0.25, 0.3) is 0 Å². The maximum Gasteiger partial charge on any atom is 0.209 e. The van der Waals surface area contributed by atoms with E-state index in [9.17, 15) is 0 Å². The fourth-order valence-corrected chi connectivity index (χ4v) is 6.21. The third-order valence-electron chi connectivity index (χ3n) is 8.70. The van der Waals surface area contributed by atoms with E-state index in [2.05, 4.69) is 79.7 Å². The van der Waals surface area contributed by atoms with Crippen molar-refractivity contribution in [3.63, 3.8) is 0 Å². The SMILES string of the molecule is CN(CCNc1nc2ccccc2c2nc3ccccc3n12)CCN(C)CCNc1nc2ccccc2c2nc3ccccc3n12. The van der Waals surface area contributed by atoms with Crippen molar-refractivity contribution >= 4 is 67.1 Å². The van der Waals surface area contributed by atoms with Crippen LogP contribution in [0.3, 0.4) is 0 Å². The number of anilines is 2. The number of nitrogens with one attached hydrogen (secondary N) is 2. The molecule has 0 spiro atoms. The van der Waals surface area contributed by atoms with E-state index in [4.69, 9.17) is 19.9 Å². The van der Waals surface area contributed by atoms with Crippen LogP contribution in [0.5, 0.6) is 0 Å². The van der Waals surface area contributed by atoms with Gasteiger partial charge in [-0.2, -0.15) is 0 Å². The first-order chi connectivity index (χ1) is 22.6.